The molecule has 6 nitrogen and oxygen atoms in total. The molecule has 0 unspecified atom stereocenters. The summed E-state index contributed by atoms with van der Waals surface area (Å²) in [5.41, 5.74) is 1.22. The summed E-state index contributed by atoms with van der Waals surface area (Å²) in [6.45, 7) is 4.65. The van der Waals surface area contributed by atoms with Gasteiger partial charge in [-0.25, -0.2) is 8.42 Å². The van der Waals surface area contributed by atoms with Gasteiger partial charge in [-0.2, -0.15) is 4.31 Å². The predicted octanol–water partition coefficient (Wildman–Crippen LogP) is 3.41. The van der Waals surface area contributed by atoms with Crippen LogP contribution in [0.3, 0.4) is 0 Å². The lowest BCUT2D eigenvalue weighted by Gasteiger charge is -2.34. The minimum absolute atomic E-state index is 0.112. The molecule has 0 aromatic heterocycles. The lowest BCUT2D eigenvalue weighted by Crippen LogP contribution is -2.48. The molecule has 2 aromatic rings. The summed E-state index contributed by atoms with van der Waals surface area (Å²) in [7, 11) is -2.03. The van der Waals surface area contributed by atoms with Crippen LogP contribution >= 0.6 is 11.6 Å². The van der Waals surface area contributed by atoms with E-state index in [4.69, 9.17) is 16.3 Å². The molecule has 8 heteroatoms. The Labute approximate surface area is 177 Å². The molecule has 0 N–H and O–H groups in total. The molecule has 2 aromatic carbocycles. The lowest BCUT2D eigenvalue weighted by atomic mass is 10.1. The third-order valence-electron chi connectivity index (χ3n) is 4.76. The number of carbonyl (C=O) groups excluding carboxylic acids is 1. The molecule has 29 heavy (non-hydrogen) atoms. The number of ether oxygens (including phenoxy) is 1. The monoisotopic (exact) mass is 436 g/mol. The maximum atomic E-state index is 13.1. The number of hydrogen-bond acceptors (Lipinski definition) is 4. The number of sulfonamides is 1. The maximum Gasteiger partial charge on any atom is 0.253 e. The molecule has 0 spiro atoms. The highest BCUT2D eigenvalue weighted by Crippen LogP contribution is 2.22. The van der Waals surface area contributed by atoms with Gasteiger partial charge in [0.05, 0.1) is 17.1 Å². The zero-order valence-electron chi connectivity index (χ0n) is 16.7. The van der Waals surface area contributed by atoms with E-state index >= 15 is 0 Å². The Morgan fingerprint density at radius 3 is 2.45 bits per heavy atom. The van der Waals surface area contributed by atoms with Crippen molar-refractivity contribution in [3.05, 3.63) is 64.7 Å². The first-order chi connectivity index (χ1) is 13.7. The Kier molecular flexibility index (Phi) is 6.63. The highest BCUT2D eigenvalue weighted by molar-refractivity contribution is 7.89. The van der Waals surface area contributed by atoms with Crippen LogP contribution < -0.4 is 0 Å². The van der Waals surface area contributed by atoms with Gasteiger partial charge < -0.3 is 9.64 Å². The molecule has 1 aliphatic heterocycles. The van der Waals surface area contributed by atoms with Crippen LogP contribution in [0.2, 0.25) is 5.02 Å². The predicted molar refractivity (Wildman–Crippen MR) is 112 cm³/mol. The van der Waals surface area contributed by atoms with Gasteiger partial charge in [-0.15, -0.1) is 0 Å². The quantitative estimate of drug-likeness (QED) is 0.720. The number of halogens is 1. The highest BCUT2D eigenvalue weighted by atomic mass is 35.5. The molecular weight excluding hydrogens is 412 g/mol. The molecule has 1 saturated heterocycles. The van der Waals surface area contributed by atoms with E-state index in [0.29, 0.717) is 30.2 Å². The van der Waals surface area contributed by atoms with Crippen molar-refractivity contribution < 1.29 is 17.9 Å². The molecule has 1 aliphatic rings. The maximum absolute atomic E-state index is 13.1. The summed E-state index contributed by atoms with van der Waals surface area (Å²) < 4.78 is 33.2. The molecule has 3 rings (SSSR count). The Bertz CT molecular complexity index is 986. The minimum atomic E-state index is -3.71. The Morgan fingerprint density at radius 2 is 1.79 bits per heavy atom. The number of nitrogens with zero attached hydrogens (tertiary/aromatic N) is 2. The van der Waals surface area contributed by atoms with Gasteiger partial charge in [-0.3, -0.25) is 4.79 Å². The number of carbonyl (C=O) groups is 1. The van der Waals surface area contributed by atoms with Crippen LogP contribution in [0.15, 0.2) is 53.4 Å². The van der Waals surface area contributed by atoms with Gasteiger partial charge in [0.1, 0.15) is 0 Å². The fraction of sp³-hybridized carbons (Fsp3) is 0.381. The van der Waals surface area contributed by atoms with Gasteiger partial charge in [0, 0.05) is 37.3 Å². The smallest absolute Gasteiger partial charge is 0.253 e. The topological polar surface area (TPSA) is 66.9 Å². The van der Waals surface area contributed by atoms with Gasteiger partial charge in [0.2, 0.25) is 10.0 Å². The SMILES string of the molecule is C[C@H]1CN(S(=O)(=O)c2cccc(C(=O)N(C)Cc3cccc(Cl)c3)c2)C[C@H](C)O1. The first kappa shape index (κ1) is 21.8. The number of amides is 1. The van der Waals surface area contributed by atoms with Gasteiger partial charge in [0.15, 0.2) is 0 Å². The lowest BCUT2D eigenvalue weighted by molar-refractivity contribution is -0.0440. The fourth-order valence-electron chi connectivity index (χ4n) is 3.47. The standard InChI is InChI=1S/C21H25ClN2O4S/c1-15-12-24(13-16(2)28-15)29(26,27)20-9-5-7-18(11-20)21(25)23(3)14-17-6-4-8-19(22)10-17/h4-11,15-16H,12-14H2,1-3H3/t15-,16-/m0/s1. The number of morpholine rings is 1. The van der Waals surface area contributed by atoms with Crippen LogP contribution in [0.4, 0.5) is 0 Å². The third-order valence-corrected chi connectivity index (χ3v) is 6.82. The first-order valence-corrected chi connectivity index (χ1v) is 11.2. The van der Waals surface area contributed by atoms with E-state index in [2.05, 4.69) is 0 Å². The average Bonchev–Trinajstić information content (AvgIpc) is 2.66. The second-order valence-electron chi connectivity index (χ2n) is 7.40. The zero-order chi connectivity index (χ0) is 21.2. The van der Waals surface area contributed by atoms with E-state index in [9.17, 15) is 13.2 Å². The second kappa shape index (κ2) is 8.83. The molecule has 1 amide bonds. The van der Waals surface area contributed by atoms with Crippen LogP contribution in [0, 0.1) is 0 Å². The van der Waals surface area contributed by atoms with Gasteiger partial charge in [-0.1, -0.05) is 29.8 Å². The Morgan fingerprint density at radius 1 is 1.14 bits per heavy atom. The van der Waals surface area contributed by atoms with E-state index in [0.717, 1.165) is 5.56 Å². The van der Waals surface area contributed by atoms with Gasteiger partial charge >= 0.3 is 0 Å². The normalized spacial score (nSPS) is 20.4. The number of hydrogen-bond donors (Lipinski definition) is 0. The third kappa shape index (κ3) is 5.17. The summed E-state index contributed by atoms with van der Waals surface area (Å²) in [5.74, 6) is -0.259. The number of benzene rings is 2. The molecule has 1 heterocycles. The van der Waals surface area contributed by atoms with Crippen LogP contribution in [0.5, 0.6) is 0 Å². The molecule has 0 aliphatic carbocycles. The molecule has 0 bridgehead atoms. The van der Waals surface area contributed by atoms with E-state index in [1.54, 1.807) is 31.3 Å². The van der Waals surface area contributed by atoms with Crippen molar-refractivity contribution >= 4 is 27.5 Å². The van der Waals surface area contributed by atoms with Gasteiger partial charge in [-0.05, 0) is 49.7 Å². The fourth-order valence-corrected chi connectivity index (χ4v) is 5.32. The summed E-state index contributed by atoms with van der Waals surface area (Å²) in [6.07, 6.45) is -0.357. The van der Waals surface area contributed by atoms with Crippen LogP contribution in [0.25, 0.3) is 0 Å². The van der Waals surface area contributed by atoms with Crippen molar-refractivity contribution in [1.29, 1.82) is 0 Å². The molecule has 0 radical (unpaired) electrons. The molecule has 0 saturated carbocycles. The Hall–Kier alpha value is -1.93. The van der Waals surface area contributed by atoms with E-state index in [-0.39, 0.29) is 23.0 Å². The van der Waals surface area contributed by atoms with E-state index in [1.807, 2.05) is 26.0 Å². The van der Waals surface area contributed by atoms with Crippen molar-refractivity contribution in [3.63, 3.8) is 0 Å². The molecule has 156 valence electrons. The summed E-state index contributed by atoms with van der Waals surface area (Å²) in [6, 6.07) is 13.5. The van der Waals surface area contributed by atoms with Crippen molar-refractivity contribution in [2.24, 2.45) is 0 Å². The van der Waals surface area contributed by atoms with Crippen molar-refractivity contribution in [3.8, 4) is 0 Å². The first-order valence-electron chi connectivity index (χ1n) is 9.42. The minimum Gasteiger partial charge on any atom is -0.373 e. The van der Waals surface area contributed by atoms with Gasteiger partial charge in [0.25, 0.3) is 5.91 Å². The van der Waals surface area contributed by atoms with Crippen molar-refractivity contribution in [1.82, 2.24) is 9.21 Å². The van der Waals surface area contributed by atoms with Crippen molar-refractivity contribution in [2.75, 3.05) is 20.1 Å². The number of rotatable bonds is 5. The zero-order valence-corrected chi connectivity index (χ0v) is 18.3. The summed E-state index contributed by atoms with van der Waals surface area (Å²) in [4.78, 5) is 14.5. The van der Waals surface area contributed by atoms with Crippen LogP contribution in [-0.2, 0) is 21.3 Å². The summed E-state index contributed by atoms with van der Waals surface area (Å²) in [5, 5.41) is 0.602. The van der Waals surface area contributed by atoms with Crippen molar-refractivity contribution in [2.45, 2.75) is 37.5 Å². The highest BCUT2D eigenvalue weighted by Gasteiger charge is 2.32. The average molecular weight is 437 g/mol. The second-order valence-corrected chi connectivity index (χ2v) is 9.77. The molecule has 1 fully saturated rings. The molecular formula is C21H25ClN2O4S. The van der Waals surface area contributed by atoms with Crippen LogP contribution in [0.1, 0.15) is 29.8 Å². The Balaban J connectivity index is 1.80. The molecule has 2 atom stereocenters. The van der Waals surface area contributed by atoms with E-state index < -0.39 is 10.0 Å². The van der Waals surface area contributed by atoms with Crippen LogP contribution in [-0.4, -0.2) is 55.9 Å². The largest absolute Gasteiger partial charge is 0.373 e. The summed E-state index contributed by atoms with van der Waals surface area (Å²) >= 11 is 6.01. The van der Waals surface area contributed by atoms with E-state index in [1.165, 1.54) is 21.3 Å².